The molecule has 0 radical (unpaired) electrons. The fraction of sp³-hybridized carbons (Fsp3) is 0.133. The second-order valence-electron chi connectivity index (χ2n) is 9.33. The van der Waals surface area contributed by atoms with Crippen molar-refractivity contribution in [2.24, 2.45) is 0 Å². The van der Waals surface area contributed by atoms with Gasteiger partial charge in [-0.05, 0) is 47.5 Å². The number of thiophene rings is 1. The van der Waals surface area contributed by atoms with Crippen molar-refractivity contribution in [3.63, 3.8) is 0 Å². The number of carbonyl (C=O) groups is 3. The van der Waals surface area contributed by atoms with Crippen LogP contribution in [-0.4, -0.2) is 39.4 Å². The van der Waals surface area contributed by atoms with E-state index in [0.29, 0.717) is 28.9 Å². The van der Waals surface area contributed by atoms with Gasteiger partial charge in [0.05, 0.1) is 28.9 Å². The monoisotopic (exact) mass is 536 g/mol. The predicted octanol–water partition coefficient (Wildman–Crippen LogP) is 5.17. The Labute approximate surface area is 227 Å². The molecule has 1 aliphatic rings. The van der Waals surface area contributed by atoms with E-state index in [4.69, 9.17) is 0 Å². The molecule has 0 bridgehead atoms. The second-order valence-corrected chi connectivity index (χ2v) is 10.5. The minimum absolute atomic E-state index is 0.159. The third kappa shape index (κ3) is 4.80. The van der Waals surface area contributed by atoms with Gasteiger partial charge in [0.2, 0.25) is 5.91 Å². The van der Waals surface area contributed by atoms with Gasteiger partial charge in [-0.2, -0.15) is 0 Å². The van der Waals surface area contributed by atoms with E-state index in [2.05, 4.69) is 15.3 Å². The van der Waals surface area contributed by atoms with Crippen LogP contribution in [0.25, 0.3) is 21.7 Å². The molecule has 0 aliphatic carbocycles. The van der Waals surface area contributed by atoms with E-state index < -0.39 is 11.9 Å². The molecule has 3 N–H and O–H groups in total. The molecule has 1 atom stereocenters. The van der Waals surface area contributed by atoms with Crippen LogP contribution >= 0.6 is 11.3 Å². The average molecular weight is 537 g/mol. The standard InChI is InChI=1S/C30H24N4O4S/c35-27(31-16-18-13-14-26(39-18)29-32-23-10-4-5-11-24(23)33-29)17-34-25-12-6-3-8-20(25)22(15-28(36)37)19-7-1-2-9-21(19)30(34)38/h1-14,22H,15-17H2,(H,31,35)(H,32,33)(H,36,37). The van der Waals surface area contributed by atoms with E-state index in [1.807, 2.05) is 48.5 Å². The molecule has 8 nitrogen and oxygen atoms in total. The van der Waals surface area contributed by atoms with Gasteiger partial charge in [0.25, 0.3) is 5.91 Å². The molecule has 3 aromatic carbocycles. The Kier molecular flexibility index (Phi) is 6.42. The number of fused-ring (bicyclic) bond motifs is 3. The van der Waals surface area contributed by atoms with Crippen molar-refractivity contribution >= 4 is 45.8 Å². The van der Waals surface area contributed by atoms with Gasteiger partial charge in [0.15, 0.2) is 0 Å². The molecule has 2 amide bonds. The van der Waals surface area contributed by atoms with Gasteiger partial charge < -0.3 is 15.4 Å². The topological polar surface area (TPSA) is 115 Å². The molecule has 3 heterocycles. The van der Waals surface area contributed by atoms with Crippen LogP contribution in [-0.2, 0) is 16.1 Å². The summed E-state index contributed by atoms with van der Waals surface area (Å²) in [5, 5.41) is 12.5. The lowest BCUT2D eigenvalue weighted by atomic mass is 9.86. The second kappa shape index (κ2) is 10.2. The zero-order valence-corrected chi connectivity index (χ0v) is 21.6. The van der Waals surface area contributed by atoms with E-state index in [0.717, 1.165) is 26.6 Å². The summed E-state index contributed by atoms with van der Waals surface area (Å²) in [6.07, 6.45) is -0.159. The van der Waals surface area contributed by atoms with Crippen LogP contribution in [0.2, 0.25) is 0 Å². The molecular weight excluding hydrogens is 512 g/mol. The van der Waals surface area contributed by atoms with E-state index in [1.54, 1.807) is 36.4 Å². The summed E-state index contributed by atoms with van der Waals surface area (Å²) in [4.78, 5) is 49.8. The maximum Gasteiger partial charge on any atom is 0.304 e. The number of nitrogens with one attached hydrogen (secondary N) is 2. The van der Waals surface area contributed by atoms with Gasteiger partial charge >= 0.3 is 5.97 Å². The predicted molar refractivity (Wildman–Crippen MR) is 150 cm³/mol. The zero-order valence-electron chi connectivity index (χ0n) is 20.8. The Balaban J connectivity index is 1.22. The van der Waals surface area contributed by atoms with Crippen molar-refractivity contribution in [2.75, 3.05) is 11.4 Å². The molecule has 0 fully saturated rings. The minimum atomic E-state index is -0.957. The number of nitrogens with zero attached hydrogens (tertiary/aromatic N) is 2. The first-order valence-electron chi connectivity index (χ1n) is 12.5. The maximum absolute atomic E-state index is 13.7. The third-order valence-corrected chi connectivity index (χ3v) is 7.93. The summed E-state index contributed by atoms with van der Waals surface area (Å²) in [5.74, 6) is -1.33. The van der Waals surface area contributed by atoms with Crippen LogP contribution in [0.5, 0.6) is 0 Å². The van der Waals surface area contributed by atoms with Crippen molar-refractivity contribution in [1.82, 2.24) is 15.3 Å². The van der Waals surface area contributed by atoms with Crippen LogP contribution in [0.4, 0.5) is 5.69 Å². The molecule has 194 valence electrons. The number of aromatic amines is 1. The van der Waals surface area contributed by atoms with Crippen LogP contribution in [0, 0.1) is 0 Å². The first-order valence-corrected chi connectivity index (χ1v) is 13.3. The number of hydrogen-bond donors (Lipinski definition) is 3. The molecule has 9 heteroatoms. The van der Waals surface area contributed by atoms with Gasteiger partial charge in [0.1, 0.15) is 12.4 Å². The van der Waals surface area contributed by atoms with Gasteiger partial charge in [-0.1, -0.05) is 48.5 Å². The van der Waals surface area contributed by atoms with E-state index in [1.165, 1.54) is 16.2 Å². The Hall–Kier alpha value is -4.76. The van der Waals surface area contributed by atoms with Crippen LogP contribution in [0.15, 0.2) is 84.9 Å². The summed E-state index contributed by atoms with van der Waals surface area (Å²) < 4.78 is 0. The number of imidazole rings is 1. The SMILES string of the molecule is O=C(O)CC1c2ccccc2C(=O)N(CC(=O)NCc2ccc(-c3nc4ccccc4[nH]3)s2)c2ccccc21. The Bertz CT molecular complexity index is 1690. The summed E-state index contributed by atoms with van der Waals surface area (Å²) in [6, 6.07) is 26.0. The van der Waals surface area contributed by atoms with E-state index in [-0.39, 0.29) is 24.8 Å². The molecule has 6 rings (SSSR count). The first kappa shape index (κ1) is 24.6. The van der Waals surface area contributed by atoms with E-state index in [9.17, 15) is 19.5 Å². The highest BCUT2D eigenvalue weighted by Crippen LogP contribution is 2.40. The van der Waals surface area contributed by atoms with Crippen LogP contribution in [0.3, 0.4) is 0 Å². The molecule has 39 heavy (non-hydrogen) atoms. The smallest absolute Gasteiger partial charge is 0.304 e. The number of benzene rings is 3. The highest BCUT2D eigenvalue weighted by Gasteiger charge is 2.34. The Morgan fingerprint density at radius 1 is 0.949 bits per heavy atom. The van der Waals surface area contributed by atoms with Crippen molar-refractivity contribution < 1.29 is 19.5 Å². The molecule has 0 spiro atoms. The number of para-hydroxylation sites is 3. The number of aliphatic carboxylic acids is 1. The summed E-state index contributed by atoms with van der Waals surface area (Å²) in [6.45, 7) is 0.122. The highest BCUT2D eigenvalue weighted by atomic mass is 32.1. The van der Waals surface area contributed by atoms with Crippen molar-refractivity contribution in [3.8, 4) is 10.7 Å². The lowest BCUT2D eigenvalue weighted by Crippen LogP contribution is -2.40. The number of amides is 2. The van der Waals surface area contributed by atoms with Gasteiger partial charge in [0, 0.05) is 22.0 Å². The molecule has 1 unspecified atom stereocenters. The summed E-state index contributed by atoms with van der Waals surface area (Å²) in [7, 11) is 0. The van der Waals surface area contributed by atoms with Crippen LogP contribution in [0.1, 0.15) is 38.7 Å². The minimum Gasteiger partial charge on any atom is -0.481 e. The lowest BCUT2D eigenvalue weighted by molar-refractivity contribution is -0.137. The van der Waals surface area contributed by atoms with Crippen molar-refractivity contribution in [1.29, 1.82) is 0 Å². The summed E-state index contributed by atoms with van der Waals surface area (Å²) >= 11 is 1.53. The fourth-order valence-corrected chi connectivity index (χ4v) is 5.94. The number of carboxylic acid groups (broad SMARTS) is 1. The normalized spacial score (nSPS) is 14.5. The van der Waals surface area contributed by atoms with E-state index >= 15 is 0 Å². The Morgan fingerprint density at radius 3 is 2.51 bits per heavy atom. The molecule has 0 saturated carbocycles. The van der Waals surface area contributed by atoms with Crippen molar-refractivity contribution in [2.45, 2.75) is 18.9 Å². The number of H-pyrrole nitrogens is 1. The number of carbonyl (C=O) groups excluding carboxylic acids is 2. The zero-order chi connectivity index (χ0) is 26.9. The molecule has 0 saturated heterocycles. The van der Waals surface area contributed by atoms with Gasteiger partial charge in [-0.15, -0.1) is 11.3 Å². The summed E-state index contributed by atoms with van der Waals surface area (Å²) in [5.41, 5.74) is 4.16. The third-order valence-electron chi connectivity index (χ3n) is 6.84. The molecular formula is C30H24N4O4S. The van der Waals surface area contributed by atoms with Crippen molar-refractivity contribution in [3.05, 3.63) is 106 Å². The van der Waals surface area contributed by atoms with Gasteiger partial charge in [-0.3, -0.25) is 19.3 Å². The Morgan fingerprint density at radius 2 is 1.69 bits per heavy atom. The number of hydrogen-bond acceptors (Lipinski definition) is 5. The maximum atomic E-state index is 13.7. The fourth-order valence-electron chi connectivity index (χ4n) is 5.05. The lowest BCUT2D eigenvalue weighted by Gasteiger charge is -2.23. The number of anilines is 1. The average Bonchev–Trinajstić information content (AvgIpc) is 3.58. The number of carboxylic acids is 1. The number of rotatable bonds is 7. The number of aromatic nitrogens is 2. The molecule has 1 aliphatic heterocycles. The largest absolute Gasteiger partial charge is 0.481 e. The van der Waals surface area contributed by atoms with Gasteiger partial charge in [-0.25, -0.2) is 4.98 Å². The molecule has 5 aromatic rings. The van der Waals surface area contributed by atoms with Crippen LogP contribution < -0.4 is 10.2 Å². The quantitative estimate of drug-likeness (QED) is 0.265. The highest BCUT2D eigenvalue weighted by molar-refractivity contribution is 7.15. The molecule has 2 aromatic heterocycles. The first-order chi connectivity index (χ1) is 19.0.